The number of Topliss-reactive ketones (excluding diaryl/α,β-unsaturated/α-hetero) is 1. The fraction of sp³-hybridized carbons (Fsp3) is 0.364. The summed E-state index contributed by atoms with van der Waals surface area (Å²) in [6, 6.07) is 14.8. The van der Waals surface area contributed by atoms with Crippen LogP contribution in [0.2, 0.25) is 0 Å². The SMILES string of the molecule is CC(=O)c1ccc(N2CCN(C(=O)NCCSCc3ccccc3)CC2)c(F)c1. The Hall–Kier alpha value is -2.54. The highest BCUT2D eigenvalue weighted by Gasteiger charge is 2.22. The van der Waals surface area contributed by atoms with E-state index < -0.39 is 5.82 Å². The predicted octanol–water partition coefficient (Wildman–Crippen LogP) is 3.79. The number of halogens is 1. The standard InChI is InChI=1S/C22H26FN3O2S/c1-17(27)19-7-8-21(20(23)15-19)25-10-12-26(13-11-25)22(28)24-9-14-29-16-18-5-3-2-4-6-18/h2-8,15H,9-14,16H2,1H3,(H,24,28). The fourth-order valence-electron chi connectivity index (χ4n) is 3.24. The lowest BCUT2D eigenvalue weighted by Gasteiger charge is -2.36. The summed E-state index contributed by atoms with van der Waals surface area (Å²) in [5.41, 5.74) is 2.13. The van der Waals surface area contributed by atoms with Gasteiger partial charge in [0.05, 0.1) is 5.69 Å². The van der Waals surface area contributed by atoms with E-state index in [0.29, 0.717) is 44.0 Å². The third kappa shape index (κ3) is 5.97. The van der Waals surface area contributed by atoms with Crippen LogP contribution in [0, 0.1) is 5.82 Å². The van der Waals surface area contributed by atoms with Gasteiger partial charge < -0.3 is 15.1 Å². The highest BCUT2D eigenvalue weighted by atomic mass is 32.2. The van der Waals surface area contributed by atoms with Gasteiger partial charge in [0.2, 0.25) is 0 Å². The first-order valence-corrected chi connectivity index (χ1v) is 10.9. The monoisotopic (exact) mass is 415 g/mol. The minimum absolute atomic E-state index is 0.0719. The smallest absolute Gasteiger partial charge is 0.317 e. The van der Waals surface area contributed by atoms with Gasteiger partial charge in [-0.1, -0.05) is 30.3 Å². The predicted molar refractivity (Wildman–Crippen MR) is 116 cm³/mol. The number of carbonyl (C=O) groups is 2. The maximum atomic E-state index is 14.3. The zero-order chi connectivity index (χ0) is 20.6. The molecule has 0 unspecified atom stereocenters. The molecule has 2 aromatic rings. The van der Waals surface area contributed by atoms with Crippen LogP contribution in [-0.2, 0) is 5.75 Å². The third-order valence-corrected chi connectivity index (χ3v) is 5.93. The van der Waals surface area contributed by atoms with Crippen molar-refractivity contribution >= 4 is 29.3 Å². The highest BCUT2D eigenvalue weighted by Crippen LogP contribution is 2.22. The van der Waals surface area contributed by atoms with Gasteiger partial charge in [0.15, 0.2) is 5.78 Å². The van der Waals surface area contributed by atoms with Crippen molar-refractivity contribution in [3.63, 3.8) is 0 Å². The molecule has 0 aliphatic carbocycles. The molecule has 1 fully saturated rings. The van der Waals surface area contributed by atoms with E-state index in [1.807, 2.05) is 23.1 Å². The van der Waals surface area contributed by atoms with Gasteiger partial charge >= 0.3 is 6.03 Å². The van der Waals surface area contributed by atoms with Gasteiger partial charge in [0.25, 0.3) is 0 Å². The molecule has 5 nitrogen and oxygen atoms in total. The number of thioether (sulfide) groups is 1. The van der Waals surface area contributed by atoms with Gasteiger partial charge in [-0.3, -0.25) is 4.79 Å². The van der Waals surface area contributed by atoms with Crippen molar-refractivity contribution in [1.29, 1.82) is 0 Å². The van der Waals surface area contributed by atoms with E-state index in [9.17, 15) is 14.0 Å². The molecular weight excluding hydrogens is 389 g/mol. The summed E-state index contributed by atoms with van der Waals surface area (Å²) in [6.45, 7) is 4.25. The second-order valence-electron chi connectivity index (χ2n) is 6.97. The quantitative estimate of drug-likeness (QED) is 0.552. The summed E-state index contributed by atoms with van der Waals surface area (Å²) in [5, 5.41) is 2.96. The van der Waals surface area contributed by atoms with Crippen LogP contribution < -0.4 is 10.2 Å². The van der Waals surface area contributed by atoms with Crippen LogP contribution in [-0.4, -0.2) is 55.2 Å². The van der Waals surface area contributed by atoms with Gasteiger partial charge in [0, 0.05) is 49.8 Å². The molecule has 1 N–H and O–H groups in total. The summed E-state index contributed by atoms with van der Waals surface area (Å²) in [6.07, 6.45) is 0. The minimum atomic E-state index is -0.397. The summed E-state index contributed by atoms with van der Waals surface area (Å²) in [5.74, 6) is 1.24. The number of hydrogen-bond donors (Lipinski definition) is 1. The Morgan fingerprint density at radius 1 is 1.07 bits per heavy atom. The molecule has 29 heavy (non-hydrogen) atoms. The summed E-state index contributed by atoms with van der Waals surface area (Å²) in [4.78, 5) is 27.4. The number of urea groups is 1. The third-order valence-electron chi connectivity index (χ3n) is 4.90. The fourth-order valence-corrected chi connectivity index (χ4v) is 4.06. The number of carbonyl (C=O) groups excluding carboxylic acids is 2. The van der Waals surface area contributed by atoms with Crippen molar-refractivity contribution in [1.82, 2.24) is 10.2 Å². The normalized spacial score (nSPS) is 14.0. The molecule has 1 aliphatic heterocycles. The van der Waals surface area contributed by atoms with E-state index in [0.717, 1.165) is 11.5 Å². The molecular formula is C22H26FN3O2S. The Balaban J connectivity index is 1.38. The summed E-state index contributed by atoms with van der Waals surface area (Å²) < 4.78 is 14.3. The highest BCUT2D eigenvalue weighted by molar-refractivity contribution is 7.98. The Kier molecular flexibility index (Phi) is 7.52. The minimum Gasteiger partial charge on any atom is -0.366 e. The van der Waals surface area contributed by atoms with Gasteiger partial charge in [-0.15, -0.1) is 0 Å². The number of amides is 2. The van der Waals surface area contributed by atoms with Crippen LogP contribution >= 0.6 is 11.8 Å². The molecule has 1 saturated heterocycles. The van der Waals surface area contributed by atoms with Crippen LogP contribution in [0.4, 0.5) is 14.9 Å². The maximum Gasteiger partial charge on any atom is 0.317 e. The number of piperazine rings is 1. The number of anilines is 1. The Labute approximate surface area is 175 Å². The summed E-state index contributed by atoms with van der Waals surface area (Å²) in [7, 11) is 0. The van der Waals surface area contributed by atoms with Gasteiger partial charge in [-0.25, -0.2) is 9.18 Å². The zero-order valence-electron chi connectivity index (χ0n) is 16.6. The molecule has 154 valence electrons. The molecule has 0 bridgehead atoms. The van der Waals surface area contributed by atoms with E-state index >= 15 is 0 Å². The van der Waals surface area contributed by atoms with Crippen molar-refractivity contribution in [3.8, 4) is 0 Å². The maximum absolute atomic E-state index is 14.3. The molecule has 7 heteroatoms. The Morgan fingerprint density at radius 2 is 1.79 bits per heavy atom. The van der Waals surface area contributed by atoms with Crippen LogP contribution in [0.1, 0.15) is 22.8 Å². The summed E-state index contributed by atoms with van der Waals surface area (Å²) >= 11 is 1.79. The van der Waals surface area contributed by atoms with E-state index in [1.165, 1.54) is 18.6 Å². The second kappa shape index (κ2) is 10.3. The van der Waals surface area contributed by atoms with Crippen molar-refractivity contribution in [3.05, 3.63) is 65.5 Å². The lowest BCUT2D eigenvalue weighted by atomic mass is 10.1. The largest absolute Gasteiger partial charge is 0.366 e. The molecule has 2 aromatic carbocycles. The lowest BCUT2D eigenvalue weighted by molar-refractivity contribution is 0.101. The van der Waals surface area contributed by atoms with Gasteiger partial charge in [0.1, 0.15) is 5.82 Å². The first-order chi connectivity index (χ1) is 14.0. The van der Waals surface area contributed by atoms with Crippen molar-refractivity contribution in [2.24, 2.45) is 0 Å². The molecule has 0 spiro atoms. The van der Waals surface area contributed by atoms with Gasteiger partial charge in [-0.05, 0) is 30.7 Å². The second-order valence-corrected chi connectivity index (χ2v) is 8.07. The number of rotatable bonds is 7. The number of hydrogen-bond acceptors (Lipinski definition) is 4. The number of ketones is 1. The lowest BCUT2D eigenvalue weighted by Crippen LogP contribution is -2.52. The first-order valence-electron chi connectivity index (χ1n) is 9.74. The van der Waals surface area contributed by atoms with E-state index in [-0.39, 0.29) is 11.8 Å². The van der Waals surface area contributed by atoms with Crippen LogP contribution in [0.25, 0.3) is 0 Å². The average molecular weight is 416 g/mol. The number of nitrogens with zero attached hydrogens (tertiary/aromatic N) is 2. The molecule has 2 amide bonds. The molecule has 0 saturated carbocycles. The number of nitrogens with one attached hydrogen (secondary N) is 1. The van der Waals surface area contributed by atoms with Crippen molar-refractivity contribution in [2.45, 2.75) is 12.7 Å². The molecule has 0 radical (unpaired) electrons. The van der Waals surface area contributed by atoms with E-state index in [2.05, 4.69) is 17.4 Å². The Bertz CT molecular complexity index is 839. The molecule has 0 atom stereocenters. The van der Waals surface area contributed by atoms with Crippen molar-refractivity contribution in [2.75, 3.05) is 43.4 Å². The van der Waals surface area contributed by atoms with Crippen LogP contribution in [0.3, 0.4) is 0 Å². The van der Waals surface area contributed by atoms with E-state index in [4.69, 9.17) is 0 Å². The molecule has 3 rings (SSSR count). The van der Waals surface area contributed by atoms with Crippen LogP contribution in [0.15, 0.2) is 48.5 Å². The number of benzene rings is 2. The molecule has 1 aliphatic rings. The topological polar surface area (TPSA) is 52.7 Å². The molecule has 0 aromatic heterocycles. The zero-order valence-corrected chi connectivity index (χ0v) is 17.4. The van der Waals surface area contributed by atoms with Crippen LogP contribution in [0.5, 0.6) is 0 Å². The van der Waals surface area contributed by atoms with E-state index in [1.54, 1.807) is 28.8 Å². The van der Waals surface area contributed by atoms with Gasteiger partial charge in [-0.2, -0.15) is 11.8 Å². The Morgan fingerprint density at radius 3 is 2.45 bits per heavy atom. The molecule has 1 heterocycles. The average Bonchev–Trinajstić information content (AvgIpc) is 2.74. The van der Waals surface area contributed by atoms with Crippen molar-refractivity contribution < 1.29 is 14.0 Å². The first kappa shape index (κ1) is 21.2.